The Hall–Kier alpha value is -1.65. The molecule has 1 saturated heterocycles. The molecule has 1 heterocycles. The van der Waals surface area contributed by atoms with Crippen molar-refractivity contribution in [1.29, 1.82) is 0 Å². The van der Waals surface area contributed by atoms with Crippen LogP contribution in [0.3, 0.4) is 0 Å². The summed E-state index contributed by atoms with van der Waals surface area (Å²) in [6.07, 6.45) is 0.880. The Kier molecular flexibility index (Phi) is 6.72. The Labute approximate surface area is 167 Å². The Balaban J connectivity index is 1.85. The van der Waals surface area contributed by atoms with Crippen LogP contribution in [0.5, 0.6) is 0 Å². The molecule has 0 aliphatic carbocycles. The van der Waals surface area contributed by atoms with Crippen molar-refractivity contribution < 1.29 is 19.4 Å². The number of ether oxygens (including phenoxy) is 2. The fourth-order valence-corrected chi connectivity index (χ4v) is 6.25. The standard InChI is InChI=1S/C22H26O4Se/c1-3-19(23)18-11-7-8-12-20(18)27-15-22(17-9-5-4-6-10-17)13-16(14-26-22)21(24)25-2/h4-12,16,19,23H,3,13-15H2,1-2H3/t16-,19+,22+/m1/s1. The number of carbonyl (C=O) groups excluding carboxylic acids is 1. The van der Waals surface area contributed by atoms with Gasteiger partial charge in [-0.05, 0) is 0 Å². The summed E-state index contributed by atoms with van der Waals surface area (Å²) in [6.45, 7) is 2.37. The first kappa shape index (κ1) is 20.1. The van der Waals surface area contributed by atoms with E-state index in [0.717, 1.165) is 16.4 Å². The normalized spacial score (nSPS) is 23.1. The molecule has 1 aliphatic rings. The first-order chi connectivity index (χ1) is 13.1. The number of aliphatic hydroxyl groups excluding tert-OH is 1. The first-order valence-electron chi connectivity index (χ1n) is 9.26. The van der Waals surface area contributed by atoms with Crippen molar-refractivity contribution in [1.82, 2.24) is 0 Å². The Morgan fingerprint density at radius 1 is 1.26 bits per heavy atom. The van der Waals surface area contributed by atoms with Crippen molar-refractivity contribution in [2.24, 2.45) is 5.92 Å². The van der Waals surface area contributed by atoms with Crippen molar-refractivity contribution in [2.75, 3.05) is 13.7 Å². The van der Waals surface area contributed by atoms with Gasteiger partial charge in [-0.3, -0.25) is 0 Å². The minimum atomic E-state index is -0.482. The van der Waals surface area contributed by atoms with E-state index in [9.17, 15) is 9.90 Å². The Bertz CT molecular complexity index is 764. The summed E-state index contributed by atoms with van der Waals surface area (Å²) in [5.74, 6) is -0.440. The summed E-state index contributed by atoms with van der Waals surface area (Å²) in [4.78, 5) is 12.1. The molecule has 0 aromatic heterocycles. The topological polar surface area (TPSA) is 55.8 Å². The van der Waals surface area contributed by atoms with Crippen LogP contribution in [0.1, 0.15) is 37.0 Å². The molecule has 5 heteroatoms. The zero-order valence-electron chi connectivity index (χ0n) is 15.8. The maximum absolute atomic E-state index is 12.1. The van der Waals surface area contributed by atoms with E-state index in [0.29, 0.717) is 19.4 Å². The van der Waals surface area contributed by atoms with Gasteiger partial charge in [0.05, 0.1) is 0 Å². The van der Waals surface area contributed by atoms with Crippen LogP contribution in [0.15, 0.2) is 54.6 Å². The van der Waals surface area contributed by atoms with Gasteiger partial charge >= 0.3 is 167 Å². The van der Waals surface area contributed by atoms with E-state index < -0.39 is 11.7 Å². The van der Waals surface area contributed by atoms with Gasteiger partial charge in [0.15, 0.2) is 0 Å². The molecule has 2 aromatic carbocycles. The van der Waals surface area contributed by atoms with Crippen molar-refractivity contribution in [3.8, 4) is 0 Å². The van der Waals surface area contributed by atoms with Crippen LogP contribution in [0.2, 0.25) is 5.32 Å². The molecule has 3 rings (SSSR count). The van der Waals surface area contributed by atoms with E-state index in [2.05, 4.69) is 18.2 Å². The van der Waals surface area contributed by atoms with E-state index in [-0.39, 0.29) is 26.8 Å². The number of rotatable bonds is 7. The number of hydrogen-bond acceptors (Lipinski definition) is 4. The molecule has 1 N–H and O–H groups in total. The molecule has 1 aliphatic heterocycles. The number of carbonyl (C=O) groups is 1. The van der Waals surface area contributed by atoms with Crippen LogP contribution in [-0.4, -0.2) is 39.7 Å². The van der Waals surface area contributed by atoms with Gasteiger partial charge in [-0.25, -0.2) is 0 Å². The summed E-state index contributed by atoms with van der Waals surface area (Å²) in [5, 5.41) is 11.2. The first-order valence-corrected chi connectivity index (χ1v) is 11.3. The molecule has 3 atom stereocenters. The number of hydrogen-bond donors (Lipinski definition) is 1. The molecule has 4 nitrogen and oxygen atoms in total. The SMILES string of the molecule is CC[C@H](O)c1ccccc1[Se]C[C@]1(c2ccccc2)C[C@@H](C(=O)OC)CO1. The predicted molar refractivity (Wildman–Crippen MR) is 106 cm³/mol. The maximum atomic E-state index is 12.1. The van der Waals surface area contributed by atoms with Gasteiger partial charge in [-0.2, -0.15) is 0 Å². The van der Waals surface area contributed by atoms with Gasteiger partial charge < -0.3 is 0 Å². The van der Waals surface area contributed by atoms with E-state index in [1.807, 2.05) is 43.3 Å². The molecule has 27 heavy (non-hydrogen) atoms. The number of aliphatic hydroxyl groups is 1. The molecule has 2 aromatic rings. The molecule has 0 amide bonds. The molecular formula is C22H26O4Se. The fourth-order valence-electron chi connectivity index (χ4n) is 3.52. The van der Waals surface area contributed by atoms with Gasteiger partial charge in [0.2, 0.25) is 0 Å². The number of esters is 1. The van der Waals surface area contributed by atoms with Crippen LogP contribution in [0, 0.1) is 5.92 Å². The summed E-state index contributed by atoms with van der Waals surface area (Å²) in [5.41, 5.74) is 1.63. The van der Waals surface area contributed by atoms with Gasteiger partial charge in [-0.1, -0.05) is 0 Å². The second-order valence-electron chi connectivity index (χ2n) is 6.85. The van der Waals surface area contributed by atoms with E-state index in [1.165, 1.54) is 11.6 Å². The van der Waals surface area contributed by atoms with Crippen LogP contribution in [-0.2, 0) is 19.9 Å². The average molecular weight is 433 g/mol. The molecule has 0 unspecified atom stereocenters. The summed E-state index contributed by atoms with van der Waals surface area (Å²) in [7, 11) is 1.43. The molecule has 144 valence electrons. The van der Waals surface area contributed by atoms with Crippen molar-refractivity contribution >= 4 is 25.4 Å². The third kappa shape index (κ3) is 4.44. The van der Waals surface area contributed by atoms with Crippen LogP contribution in [0.4, 0.5) is 0 Å². The Morgan fingerprint density at radius 3 is 2.67 bits per heavy atom. The summed E-state index contributed by atoms with van der Waals surface area (Å²) >= 11 is 0.105. The van der Waals surface area contributed by atoms with Crippen LogP contribution in [0.25, 0.3) is 0 Å². The zero-order valence-corrected chi connectivity index (χ0v) is 17.5. The number of benzene rings is 2. The molecule has 0 spiro atoms. The molecule has 0 radical (unpaired) electrons. The second kappa shape index (κ2) is 9.03. The van der Waals surface area contributed by atoms with Gasteiger partial charge in [-0.15, -0.1) is 0 Å². The zero-order chi connectivity index (χ0) is 19.3. The number of methoxy groups -OCH3 is 1. The van der Waals surface area contributed by atoms with Crippen molar-refractivity contribution in [3.63, 3.8) is 0 Å². The van der Waals surface area contributed by atoms with Gasteiger partial charge in [0.1, 0.15) is 0 Å². The molecule has 1 fully saturated rings. The minimum absolute atomic E-state index is 0.105. The third-order valence-corrected chi connectivity index (χ3v) is 7.81. The second-order valence-corrected chi connectivity index (χ2v) is 8.98. The third-order valence-electron chi connectivity index (χ3n) is 5.10. The van der Waals surface area contributed by atoms with Crippen LogP contribution >= 0.6 is 0 Å². The van der Waals surface area contributed by atoms with E-state index >= 15 is 0 Å². The molecule has 0 bridgehead atoms. The Morgan fingerprint density at radius 2 is 1.96 bits per heavy atom. The van der Waals surface area contributed by atoms with E-state index in [4.69, 9.17) is 9.47 Å². The van der Waals surface area contributed by atoms with Gasteiger partial charge in [0.25, 0.3) is 0 Å². The van der Waals surface area contributed by atoms with E-state index in [1.54, 1.807) is 0 Å². The average Bonchev–Trinajstić information content (AvgIpc) is 3.18. The quantitative estimate of drug-likeness (QED) is 0.539. The molecular weight excluding hydrogens is 407 g/mol. The molecule has 0 saturated carbocycles. The van der Waals surface area contributed by atoms with Gasteiger partial charge in [0, 0.05) is 0 Å². The van der Waals surface area contributed by atoms with Crippen molar-refractivity contribution in [3.05, 3.63) is 65.7 Å². The fraction of sp³-hybridized carbons (Fsp3) is 0.409. The summed E-state index contributed by atoms with van der Waals surface area (Å²) < 4.78 is 12.4. The monoisotopic (exact) mass is 434 g/mol. The summed E-state index contributed by atoms with van der Waals surface area (Å²) in [6, 6.07) is 18.2. The van der Waals surface area contributed by atoms with Crippen LogP contribution < -0.4 is 4.46 Å². The van der Waals surface area contributed by atoms with Crippen molar-refractivity contribution in [2.45, 2.75) is 36.8 Å². The predicted octanol–water partition coefficient (Wildman–Crippen LogP) is 2.98.